The third-order valence-corrected chi connectivity index (χ3v) is 6.31. The number of carboxylic acid groups (broad SMARTS) is 1. The molecule has 0 aromatic rings. The molecule has 2 nitrogen and oxygen atoms in total. The topological polar surface area (TPSA) is 37.3 Å². The molecule has 0 heterocycles. The first-order valence-electron chi connectivity index (χ1n) is 12.9. The molecule has 0 radical (unpaired) electrons. The van der Waals surface area contributed by atoms with Crippen molar-refractivity contribution in [2.24, 2.45) is 11.8 Å². The van der Waals surface area contributed by atoms with Gasteiger partial charge < -0.3 is 5.11 Å². The molecule has 0 fully saturated rings. The lowest BCUT2D eigenvalue weighted by Crippen LogP contribution is -2.18. The second-order valence-electron chi connectivity index (χ2n) is 9.10. The molecule has 0 aliphatic rings. The van der Waals surface area contributed by atoms with Crippen LogP contribution in [0.25, 0.3) is 0 Å². The molecular formula is C26H52O2. The van der Waals surface area contributed by atoms with Crippen LogP contribution in [0.2, 0.25) is 0 Å². The number of unbranched alkanes of at least 4 members (excludes halogenated alkanes) is 13. The number of carbonyl (C=O) groups is 1. The van der Waals surface area contributed by atoms with Gasteiger partial charge in [0.15, 0.2) is 0 Å². The Labute approximate surface area is 177 Å². The number of rotatable bonds is 22. The van der Waals surface area contributed by atoms with E-state index in [2.05, 4.69) is 20.8 Å². The second kappa shape index (κ2) is 21.2. The number of hydrogen-bond donors (Lipinski definition) is 1. The summed E-state index contributed by atoms with van der Waals surface area (Å²) in [6.45, 7) is 6.75. The van der Waals surface area contributed by atoms with Crippen LogP contribution in [0.5, 0.6) is 0 Å². The maximum Gasteiger partial charge on any atom is 0.306 e. The third-order valence-electron chi connectivity index (χ3n) is 6.31. The van der Waals surface area contributed by atoms with Gasteiger partial charge in [-0.05, 0) is 18.8 Å². The fourth-order valence-corrected chi connectivity index (χ4v) is 4.37. The molecule has 0 aromatic carbocycles. The van der Waals surface area contributed by atoms with E-state index in [1.807, 2.05) is 0 Å². The third kappa shape index (κ3) is 17.6. The van der Waals surface area contributed by atoms with E-state index in [0.717, 1.165) is 19.3 Å². The van der Waals surface area contributed by atoms with Gasteiger partial charge in [-0.3, -0.25) is 4.79 Å². The van der Waals surface area contributed by atoms with Gasteiger partial charge in [-0.1, -0.05) is 136 Å². The lowest BCUT2D eigenvalue weighted by molar-refractivity contribution is -0.142. The Kier molecular flexibility index (Phi) is 20.8. The molecule has 168 valence electrons. The van der Waals surface area contributed by atoms with Gasteiger partial charge in [-0.25, -0.2) is 0 Å². The zero-order chi connectivity index (χ0) is 20.9. The summed E-state index contributed by atoms with van der Waals surface area (Å²) >= 11 is 0. The Balaban J connectivity index is 4.33. The van der Waals surface area contributed by atoms with Crippen LogP contribution >= 0.6 is 0 Å². The van der Waals surface area contributed by atoms with E-state index in [1.165, 1.54) is 109 Å². The molecule has 1 atom stereocenters. The monoisotopic (exact) mass is 396 g/mol. The Morgan fingerprint density at radius 1 is 0.571 bits per heavy atom. The van der Waals surface area contributed by atoms with Gasteiger partial charge in [-0.15, -0.1) is 0 Å². The first-order valence-corrected chi connectivity index (χ1v) is 12.9. The minimum atomic E-state index is -0.549. The normalized spacial score (nSPS) is 12.6. The highest BCUT2D eigenvalue weighted by Gasteiger charge is 2.22. The SMILES string of the molecule is CCCCCCCCC(CCCCCCCC)CC(CCCCCC)C(=O)O. The van der Waals surface area contributed by atoms with E-state index >= 15 is 0 Å². The van der Waals surface area contributed by atoms with Crippen molar-refractivity contribution < 1.29 is 9.90 Å². The Bertz CT molecular complexity index is 310. The molecule has 0 aliphatic heterocycles. The molecule has 1 unspecified atom stereocenters. The van der Waals surface area contributed by atoms with Crippen LogP contribution < -0.4 is 0 Å². The molecule has 0 aliphatic carbocycles. The van der Waals surface area contributed by atoms with Gasteiger partial charge in [0.1, 0.15) is 0 Å². The largest absolute Gasteiger partial charge is 0.481 e. The smallest absolute Gasteiger partial charge is 0.306 e. The van der Waals surface area contributed by atoms with E-state index in [1.54, 1.807) is 0 Å². The molecule has 0 rings (SSSR count). The van der Waals surface area contributed by atoms with E-state index < -0.39 is 5.97 Å². The molecule has 0 amide bonds. The van der Waals surface area contributed by atoms with Crippen molar-refractivity contribution in [1.82, 2.24) is 0 Å². The van der Waals surface area contributed by atoms with E-state index in [0.29, 0.717) is 5.92 Å². The summed E-state index contributed by atoms with van der Waals surface area (Å²) in [5, 5.41) is 9.72. The molecule has 0 aromatic heterocycles. The van der Waals surface area contributed by atoms with E-state index in [9.17, 15) is 9.90 Å². The average molecular weight is 397 g/mol. The van der Waals surface area contributed by atoms with Crippen LogP contribution in [-0.4, -0.2) is 11.1 Å². The van der Waals surface area contributed by atoms with Crippen LogP contribution in [0, 0.1) is 11.8 Å². The minimum absolute atomic E-state index is 0.109. The summed E-state index contributed by atoms with van der Waals surface area (Å²) in [4.78, 5) is 11.8. The van der Waals surface area contributed by atoms with Gasteiger partial charge in [-0.2, -0.15) is 0 Å². The van der Waals surface area contributed by atoms with Crippen molar-refractivity contribution in [3.05, 3.63) is 0 Å². The molecule has 0 bridgehead atoms. The molecule has 2 heteroatoms. The van der Waals surface area contributed by atoms with Crippen molar-refractivity contribution >= 4 is 5.97 Å². The maximum absolute atomic E-state index is 11.8. The van der Waals surface area contributed by atoms with E-state index in [-0.39, 0.29) is 5.92 Å². The van der Waals surface area contributed by atoms with Crippen molar-refractivity contribution in [1.29, 1.82) is 0 Å². The number of carboxylic acids is 1. The highest BCUT2D eigenvalue weighted by Crippen LogP contribution is 2.28. The van der Waals surface area contributed by atoms with Crippen molar-refractivity contribution in [2.75, 3.05) is 0 Å². The molecule has 0 saturated heterocycles. The lowest BCUT2D eigenvalue weighted by atomic mass is 9.84. The number of aliphatic carboxylic acids is 1. The van der Waals surface area contributed by atoms with Crippen molar-refractivity contribution in [3.63, 3.8) is 0 Å². The van der Waals surface area contributed by atoms with E-state index in [4.69, 9.17) is 0 Å². The van der Waals surface area contributed by atoms with Crippen LogP contribution in [0.15, 0.2) is 0 Å². The highest BCUT2D eigenvalue weighted by molar-refractivity contribution is 5.69. The fourth-order valence-electron chi connectivity index (χ4n) is 4.37. The summed E-state index contributed by atoms with van der Waals surface area (Å²) < 4.78 is 0. The molecule has 0 spiro atoms. The first-order chi connectivity index (χ1) is 13.7. The predicted molar refractivity (Wildman–Crippen MR) is 124 cm³/mol. The van der Waals surface area contributed by atoms with Gasteiger partial charge in [0.05, 0.1) is 5.92 Å². The lowest BCUT2D eigenvalue weighted by Gasteiger charge is -2.21. The maximum atomic E-state index is 11.8. The summed E-state index contributed by atoms with van der Waals surface area (Å²) in [5.41, 5.74) is 0. The summed E-state index contributed by atoms with van der Waals surface area (Å²) in [5.74, 6) is -0.0287. The fraction of sp³-hybridized carbons (Fsp3) is 0.962. The number of hydrogen-bond acceptors (Lipinski definition) is 1. The minimum Gasteiger partial charge on any atom is -0.481 e. The van der Waals surface area contributed by atoms with Gasteiger partial charge in [0.25, 0.3) is 0 Å². The Morgan fingerprint density at radius 2 is 0.929 bits per heavy atom. The second-order valence-corrected chi connectivity index (χ2v) is 9.10. The average Bonchev–Trinajstić information content (AvgIpc) is 2.68. The summed E-state index contributed by atoms with van der Waals surface area (Å²) in [6, 6.07) is 0. The molecule has 0 saturated carbocycles. The standard InChI is InChI=1S/C26H52O2/c1-4-7-10-13-15-17-20-24(21-18-16-14-11-8-5-2)23-25(26(27)28)22-19-12-9-6-3/h24-25H,4-23H2,1-3H3,(H,27,28). The van der Waals surface area contributed by atoms with Crippen molar-refractivity contribution in [2.45, 2.75) is 149 Å². The van der Waals surface area contributed by atoms with Crippen molar-refractivity contribution in [3.8, 4) is 0 Å². The van der Waals surface area contributed by atoms with Crippen LogP contribution in [0.4, 0.5) is 0 Å². The zero-order valence-corrected chi connectivity index (χ0v) is 19.7. The Morgan fingerprint density at radius 3 is 1.36 bits per heavy atom. The summed E-state index contributed by atoms with van der Waals surface area (Å²) in [6.07, 6.45) is 25.1. The highest BCUT2D eigenvalue weighted by atomic mass is 16.4. The van der Waals surface area contributed by atoms with Gasteiger partial charge >= 0.3 is 5.97 Å². The predicted octanol–water partition coefficient (Wildman–Crippen LogP) is 9.17. The Hall–Kier alpha value is -0.530. The quantitative estimate of drug-likeness (QED) is 0.185. The molecule has 1 N–H and O–H groups in total. The van der Waals surface area contributed by atoms with Crippen LogP contribution in [0.1, 0.15) is 149 Å². The molecule has 28 heavy (non-hydrogen) atoms. The van der Waals surface area contributed by atoms with Gasteiger partial charge in [0, 0.05) is 0 Å². The summed E-state index contributed by atoms with van der Waals surface area (Å²) in [7, 11) is 0. The van der Waals surface area contributed by atoms with Crippen LogP contribution in [-0.2, 0) is 4.79 Å². The zero-order valence-electron chi connectivity index (χ0n) is 19.7. The van der Waals surface area contributed by atoms with Gasteiger partial charge in [0.2, 0.25) is 0 Å². The first kappa shape index (κ1) is 27.5. The van der Waals surface area contributed by atoms with Crippen LogP contribution in [0.3, 0.4) is 0 Å². The molecular weight excluding hydrogens is 344 g/mol.